The summed E-state index contributed by atoms with van der Waals surface area (Å²) >= 11 is 0. The van der Waals surface area contributed by atoms with Crippen molar-refractivity contribution in [1.82, 2.24) is 0 Å². The summed E-state index contributed by atoms with van der Waals surface area (Å²) < 4.78 is 36.8. The van der Waals surface area contributed by atoms with Gasteiger partial charge in [0.25, 0.3) is 0 Å². The number of ether oxygens (including phenoxy) is 4. The summed E-state index contributed by atoms with van der Waals surface area (Å²) in [6, 6.07) is 0. The number of rotatable bonds is 3. The average Bonchev–Trinajstić information content (AvgIpc) is 2.71. The van der Waals surface area contributed by atoms with E-state index in [1.165, 1.54) is 0 Å². The Labute approximate surface area is 99.3 Å². The molecule has 0 radical (unpaired) electrons. The summed E-state index contributed by atoms with van der Waals surface area (Å²) in [7, 11) is -1.35. The standard InChI is InChI=1S/C12H20O4/c1-6-12(7-13-5)10-9(8(2)14-12)15-11(3,4)16-10/h6,8-10H,1,7H2,2-5H3/t8?,9-,10?,12?/m1/s1/i5TD/t5?,8?,9-,10?,12?. The van der Waals surface area contributed by atoms with Gasteiger partial charge in [-0.2, -0.15) is 0 Å². The first-order valence-corrected chi connectivity index (χ1v) is 5.43. The Hall–Kier alpha value is -0.420. The largest absolute Gasteiger partial charge is 0.381 e. The fourth-order valence-electron chi connectivity index (χ4n) is 2.46. The Morgan fingerprint density at radius 1 is 1.56 bits per heavy atom. The molecule has 2 heterocycles. The van der Waals surface area contributed by atoms with E-state index in [4.69, 9.17) is 21.7 Å². The molecule has 16 heavy (non-hydrogen) atoms. The van der Waals surface area contributed by atoms with Crippen molar-refractivity contribution < 1.29 is 21.7 Å². The third kappa shape index (κ3) is 1.70. The molecule has 0 N–H and O–H groups in total. The molecule has 2 saturated heterocycles. The van der Waals surface area contributed by atoms with Crippen LogP contribution in [0.1, 0.15) is 23.5 Å². The molecular formula is C12H20O4. The summed E-state index contributed by atoms with van der Waals surface area (Å²) in [6.45, 7) is 9.45. The highest BCUT2D eigenvalue weighted by Crippen LogP contribution is 2.44. The van der Waals surface area contributed by atoms with Gasteiger partial charge < -0.3 is 18.9 Å². The van der Waals surface area contributed by atoms with E-state index in [0.29, 0.717) is 0 Å². The molecule has 4 nitrogen and oxygen atoms in total. The Balaban J connectivity index is 2.18. The average molecular weight is 231 g/mol. The van der Waals surface area contributed by atoms with Crippen LogP contribution in [0.2, 0.25) is 0 Å². The lowest BCUT2D eigenvalue weighted by Gasteiger charge is -2.31. The molecule has 92 valence electrons. The Morgan fingerprint density at radius 3 is 2.94 bits per heavy atom. The van der Waals surface area contributed by atoms with Crippen LogP contribution in [0.5, 0.6) is 0 Å². The second-order valence-electron chi connectivity index (χ2n) is 4.81. The van der Waals surface area contributed by atoms with Crippen molar-refractivity contribution in [3.8, 4) is 0 Å². The molecule has 0 aliphatic carbocycles. The van der Waals surface area contributed by atoms with E-state index >= 15 is 0 Å². The van der Waals surface area contributed by atoms with Crippen molar-refractivity contribution in [1.29, 1.82) is 0 Å². The zero-order valence-corrected chi connectivity index (χ0v) is 9.93. The van der Waals surface area contributed by atoms with Crippen molar-refractivity contribution in [3.63, 3.8) is 0 Å². The zero-order valence-electron chi connectivity index (χ0n) is 11.9. The first kappa shape index (κ1) is 9.59. The maximum Gasteiger partial charge on any atom is 0.164 e. The van der Waals surface area contributed by atoms with Gasteiger partial charge in [-0.1, -0.05) is 6.08 Å². The number of hydrogen-bond donors (Lipinski definition) is 0. The molecule has 0 bridgehead atoms. The second kappa shape index (κ2) is 3.81. The van der Waals surface area contributed by atoms with E-state index in [1.54, 1.807) is 6.08 Å². The SMILES string of the molecule is [2H]C([3H])OCC1(C=C)OC(C)[C@H]2OC(C)(C)OC21. The summed E-state index contributed by atoms with van der Waals surface area (Å²) in [5, 5.41) is 0. The van der Waals surface area contributed by atoms with Crippen LogP contribution in [-0.2, 0) is 18.9 Å². The van der Waals surface area contributed by atoms with Crippen LogP contribution in [0.15, 0.2) is 12.7 Å². The van der Waals surface area contributed by atoms with Crippen molar-refractivity contribution in [2.75, 3.05) is 13.7 Å². The van der Waals surface area contributed by atoms with Gasteiger partial charge >= 0.3 is 0 Å². The molecule has 4 heteroatoms. The topological polar surface area (TPSA) is 36.9 Å². The van der Waals surface area contributed by atoms with Gasteiger partial charge in [0.05, 0.1) is 15.5 Å². The van der Waals surface area contributed by atoms with Crippen molar-refractivity contribution >= 4 is 0 Å². The molecule has 0 amide bonds. The van der Waals surface area contributed by atoms with Gasteiger partial charge in [-0.3, -0.25) is 0 Å². The number of hydrogen-bond acceptors (Lipinski definition) is 4. The predicted octanol–water partition coefficient (Wildman–Crippen LogP) is 1.50. The van der Waals surface area contributed by atoms with Gasteiger partial charge in [0.2, 0.25) is 0 Å². The minimum absolute atomic E-state index is 0.0686. The van der Waals surface area contributed by atoms with Crippen molar-refractivity contribution in [3.05, 3.63) is 12.7 Å². The van der Waals surface area contributed by atoms with E-state index in [0.717, 1.165) is 0 Å². The highest BCUT2D eigenvalue weighted by atomic mass is 16.8. The molecule has 2 aliphatic rings. The number of fused-ring (bicyclic) bond motifs is 1. The quantitative estimate of drug-likeness (QED) is 0.690. The highest BCUT2D eigenvalue weighted by molar-refractivity contribution is 5.14. The van der Waals surface area contributed by atoms with Crippen LogP contribution >= 0.6 is 0 Å². The van der Waals surface area contributed by atoms with Crippen molar-refractivity contribution in [2.45, 2.75) is 50.5 Å². The van der Waals surface area contributed by atoms with Crippen LogP contribution in [0.4, 0.5) is 0 Å². The Bertz CT molecular complexity index is 334. The van der Waals surface area contributed by atoms with Crippen molar-refractivity contribution in [2.24, 2.45) is 0 Å². The summed E-state index contributed by atoms with van der Waals surface area (Å²) in [4.78, 5) is 0. The van der Waals surface area contributed by atoms with Crippen LogP contribution in [0.3, 0.4) is 0 Å². The molecule has 4 unspecified atom stereocenters. The van der Waals surface area contributed by atoms with Gasteiger partial charge in [0.1, 0.15) is 17.8 Å². The molecule has 0 aromatic heterocycles. The van der Waals surface area contributed by atoms with Crippen LogP contribution in [-0.4, -0.2) is 43.4 Å². The molecule has 2 fully saturated rings. The van der Waals surface area contributed by atoms with Crippen LogP contribution in [0, 0.1) is 0 Å². The lowest BCUT2D eigenvalue weighted by molar-refractivity contribution is -0.204. The van der Waals surface area contributed by atoms with E-state index in [9.17, 15) is 0 Å². The van der Waals surface area contributed by atoms with E-state index < -0.39 is 18.5 Å². The maximum absolute atomic E-state index is 7.10. The second-order valence-corrected chi connectivity index (χ2v) is 4.81. The zero-order chi connectivity index (χ0) is 13.6. The van der Waals surface area contributed by atoms with Gasteiger partial charge in [-0.25, -0.2) is 0 Å². The molecule has 0 aromatic rings. The Morgan fingerprint density at radius 2 is 2.31 bits per heavy atom. The molecular weight excluding hydrogens is 208 g/mol. The monoisotopic (exact) mass is 231 g/mol. The molecule has 5 atom stereocenters. The molecule has 0 saturated carbocycles. The van der Waals surface area contributed by atoms with E-state index in [1.807, 2.05) is 20.8 Å². The smallest absolute Gasteiger partial charge is 0.164 e. The van der Waals surface area contributed by atoms with Gasteiger partial charge in [0, 0.05) is 7.06 Å². The number of methoxy groups -OCH3 is 1. The van der Waals surface area contributed by atoms with Crippen LogP contribution in [0.25, 0.3) is 0 Å². The highest BCUT2D eigenvalue weighted by Gasteiger charge is 2.60. The third-order valence-electron chi connectivity index (χ3n) is 3.13. The summed E-state index contributed by atoms with van der Waals surface area (Å²) in [6.07, 6.45) is 0.977. The molecule has 0 spiro atoms. The molecule has 2 aliphatic heterocycles. The summed E-state index contributed by atoms with van der Waals surface area (Å²) in [5.74, 6) is -0.664. The predicted molar refractivity (Wildman–Crippen MR) is 59.2 cm³/mol. The van der Waals surface area contributed by atoms with Crippen LogP contribution < -0.4 is 0 Å². The minimum atomic E-state index is -1.35. The van der Waals surface area contributed by atoms with Gasteiger partial charge in [0.15, 0.2) is 5.79 Å². The van der Waals surface area contributed by atoms with Gasteiger partial charge in [-0.05, 0) is 20.8 Å². The maximum atomic E-state index is 7.10. The normalized spacial score (nSPS) is 49.3. The fraction of sp³-hybridized carbons (Fsp3) is 0.833. The molecule has 0 aromatic carbocycles. The van der Waals surface area contributed by atoms with Gasteiger partial charge in [-0.15, -0.1) is 6.58 Å². The summed E-state index contributed by atoms with van der Waals surface area (Å²) in [5.41, 5.74) is -0.849. The lowest BCUT2D eigenvalue weighted by atomic mass is 9.95. The Kier molecular flexibility index (Phi) is 2.28. The first-order chi connectivity index (χ1) is 8.30. The lowest BCUT2D eigenvalue weighted by Crippen LogP contribution is -2.45. The minimum Gasteiger partial charge on any atom is -0.381 e. The van der Waals surface area contributed by atoms with E-state index in [2.05, 4.69) is 6.58 Å². The fourth-order valence-corrected chi connectivity index (χ4v) is 2.46. The first-order valence-electron chi connectivity index (χ1n) is 6.58. The van der Waals surface area contributed by atoms with E-state index in [-0.39, 0.29) is 24.9 Å². The molecule has 2 rings (SSSR count). The third-order valence-corrected chi connectivity index (χ3v) is 3.13.